The SMILES string of the molecule is c1ccc2c(c1)Oc1ccc(-c3ccc(-n4c5ccc(-n6c7ccccc7c7ccccc76)cc5c5cc(-n6c7ccccc7c7ccccc76)ccc54)cc3)c3c4ccccc4n-2c13. The van der Waals surface area contributed by atoms with E-state index in [1.165, 1.54) is 76.2 Å². The molecule has 15 rings (SSSR count). The van der Waals surface area contributed by atoms with Crippen LogP contribution in [0.2, 0.25) is 0 Å². The molecule has 0 bridgehead atoms. The molecule has 0 fully saturated rings. The molecule has 0 spiro atoms. The van der Waals surface area contributed by atoms with Crippen molar-refractivity contribution < 1.29 is 4.74 Å². The zero-order valence-electron chi connectivity index (χ0n) is 35.0. The first-order chi connectivity index (χ1) is 32.3. The van der Waals surface area contributed by atoms with Crippen molar-refractivity contribution in [2.24, 2.45) is 0 Å². The summed E-state index contributed by atoms with van der Waals surface area (Å²) in [6, 6.07) is 79.6. The van der Waals surface area contributed by atoms with Gasteiger partial charge in [-0.1, -0.05) is 115 Å². The second-order valence-electron chi connectivity index (χ2n) is 17.3. The normalized spacial score (nSPS) is 12.4. The highest BCUT2D eigenvalue weighted by Gasteiger charge is 2.26. The summed E-state index contributed by atoms with van der Waals surface area (Å²) >= 11 is 0. The lowest BCUT2D eigenvalue weighted by Gasteiger charge is -2.21. The van der Waals surface area contributed by atoms with E-state index in [-0.39, 0.29) is 0 Å². The van der Waals surface area contributed by atoms with Crippen LogP contribution >= 0.6 is 0 Å². The Kier molecular flexibility index (Phi) is 6.89. The van der Waals surface area contributed by atoms with Crippen molar-refractivity contribution in [2.75, 3.05) is 0 Å². The number of hydrogen-bond acceptors (Lipinski definition) is 1. The lowest BCUT2D eigenvalue weighted by Crippen LogP contribution is -2.03. The minimum absolute atomic E-state index is 0.871. The molecule has 0 unspecified atom stereocenters. The van der Waals surface area contributed by atoms with Gasteiger partial charge in [-0.15, -0.1) is 0 Å². The van der Waals surface area contributed by atoms with E-state index < -0.39 is 0 Å². The molecule has 5 heterocycles. The standard InChI is InChI=1S/C60H36N4O/c1-6-18-49-42(13-1)43-14-2-7-19-50(43)62(49)39-29-32-54-47(35-39)48-36-40(63-51-20-8-3-15-44(51)45-16-4-9-21-52(45)63)30-33-55(48)61(54)38-27-25-37(26-28-38)41-31-34-58-60-59(41)46-17-5-10-22-53(46)64(60)56-23-11-12-24-57(56)65-58/h1-36H. The fourth-order valence-corrected chi connectivity index (χ4v) is 11.2. The molecule has 0 atom stereocenters. The minimum atomic E-state index is 0.871. The number of rotatable bonds is 4. The fraction of sp³-hybridized carbons (Fsp3) is 0. The minimum Gasteiger partial charge on any atom is -0.453 e. The summed E-state index contributed by atoms with van der Waals surface area (Å²) in [4.78, 5) is 0. The van der Waals surface area contributed by atoms with E-state index >= 15 is 0 Å². The van der Waals surface area contributed by atoms with Crippen molar-refractivity contribution in [3.8, 4) is 45.4 Å². The number of para-hydroxylation sites is 7. The number of aromatic nitrogens is 4. The summed E-state index contributed by atoms with van der Waals surface area (Å²) in [5.74, 6) is 1.75. The molecule has 65 heavy (non-hydrogen) atoms. The van der Waals surface area contributed by atoms with Crippen LogP contribution in [0.1, 0.15) is 0 Å². The van der Waals surface area contributed by atoms with Crippen molar-refractivity contribution >= 4 is 87.2 Å². The van der Waals surface area contributed by atoms with Gasteiger partial charge in [-0.25, -0.2) is 0 Å². The van der Waals surface area contributed by atoms with Gasteiger partial charge >= 0.3 is 0 Å². The van der Waals surface area contributed by atoms with Crippen LogP contribution in [0, 0.1) is 0 Å². The lowest BCUT2D eigenvalue weighted by atomic mass is 9.98. The highest BCUT2D eigenvalue weighted by Crippen LogP contribution is 2.49. The Hall–Kier alpha value is -8.80. The Morgan fingerprint density at radius 1 is 0.277 bits per heavy atom. The Morgan fingerprint density at radius 3 is 1.23 bits per heavy atom. The topological polar surface area (TPSA) is 28.9 Å². The van der Waals surface area contributed by atoms with E-state index in [0.29, 0.717) is 0 Å². The van der Waals surface area contributed by atoms with Crippen LogP contribution in [0.25, 0.3) is 121 Å². The van der Waals surface area contributed by atoms with E-state index in [1.807, 2.05) is 6.07 Å². The van der Waals surface area contributed by atoms with Crippen LogP contribution in [0.4, 0.5) is 0 Å². The number of benzene rings is 10. The van der Waals surface area contributed by atoms with E-state index in [1.54, 1.807) is 0 Å². The van der Waals surface area contributed by atoms with E-state index in [9.17, 15) is 0 Å². The van der Waals surface area contributed by atoms with Crippen molar-refractivity contribution in [1.29, 1.82) is 0 Å². The first-order valence-electron chi connectivity index (χ1n) is 22.3. The second-order valence-corrected chi connectivity index (χ2v) is 17.3. The molecule has 10 aromatic carbocycles. The van der Waals surface area contributed by atoms with Crippen molar-refractivity contribution in [3.63, 3.8) is 0 Å². The summed E-state index contributed by atoms with van der Waals surface area (Å²) in [6.07, 6.45) is 0. The monoisotopic (exact) mass is 828 g/mol. The Balaban J connectivity index is 0.954. The van der Waals surface area contributed by atoms with Gasteiger partial charge in [0.2, 0.25) is 0 Å². The summed E-state index contributed by atoms with van der Waals surface area (Å²) in [7, 11) is 0. The molecule has 0 saturated heterocycles. The van der Waals surface area contributed by atoms with Crippen molar-refractivity contribution in [1.82, 2.24) is 18.3 Å². The van der Waals surface area contributed by atoms with E-state index in [2.05, 4.69) is 231 Å². The molecular weight excluding hydrogens is 793 g/mol. The number of ether oxygens (including phenoxy) is 1. The van der Waals surface area contributed by atoms with Gasteiger partial charge in [0.25, 0.3) is 0 Å². The van der Waals surface area contributed by atoms with E-state index in [4.69, 9.17) is 4.74 Å². The molecule has 1 aliphatic rings. The third-order valence-electron chi connectivity index (χ3n) is 14.0. The third-order valence-corrected chi connectivity index (χ3v) is 14.0. The van der Waals surface area contributed by atoms with Crippen LogP contribution in [0.15, 0.2) is 218 Å². The summed E-state index contributed by atoms with van der Waals surface area (Å²) in [5, 5.41) is 9.83. The maximum absolute atomic E-state index is 6.54. The van der Waals surface area contributed by atoms with Crippen LogP contribution < -0.4 is 4.74 Å². The lowest BCUT2D eigenvalue weighted by molar-refractivity contribution is 0.476. The van der Waals surface area contributed by atoms with Crippen LogP contribution in [-0.2, 0) is 0 Å². The van der Waals surface area contributed by atoms with Gasteiger partial charge in [0, 0.05) is 60.2 Å². The molecular formula is C60H36N4O. The first-order valence-corrected chi connectivity index (χ1v) is 22.3. The molecule has 5 nitrogen and oxygen atoms in total. The Labute approximate surface area is 372 Å². The number of fused-ring (bicyclic) bond motifs is 14. The van der Waals surface area contributed by atoms with Crippen LogP contribution in [-0.4, -0.2) is 18.3 Å². The average molecular weight is 829 g/mol. The second kappa shape index (κ2) is 12.9. The van der Waals surface area contributed by atoms with Gasteiger partial charge in [-0.3, -0.25) is 0 Å². The maximum atomic E-state index is 6.54. The van der Waals surface area contributed by atoms with Crippen molar-refractivity contribution in [2.45, 2.75) is 0 Å². The van der Waals surface area contributed by atoms with Gasteiger partial charge in [0.15, 0.2) is 11.5 Å². The predicted molar refractivity (Wildman–Crippen MR) is 269 cm³/mol. The summed E-state index contributed by atoms with van der Waals surface area (Å²) < 4.78 is 16.2. The molecule has 14 aromatic rings. The van der Waals surface area contributed by atoms with Crippen molar-refractivity contribution in [3.05, 3.63) is 218 Å². The highest BCUT2D eigenvalue weighted by atomic mass is 16.5. The smallest absolute Gasteiger partial charge is 0.152 e. The maximum Gasteiger partial charge on any atom is 0.152 e. The molecule has 0 aliphatic carbocycles. The molecule has 0 amide bonds. The Morgan fingerprint density at radius 2 is 0.692 bits per heavy atom. The zero-order chi connectivity index (χ0) is 42.3. The molecule has 4 aromatic heterocycles. The number of nitrogens with zero attached hydrogens (tertiary/aromatic N) is 4. The quantitative estimate of drug-likeness (QED) is 0.174. The molecule has 5 heteroatoms. The molecule has 0 radical (unpaired) electrons. The molecule has 1 aliphatic heterocycles. The average Bonchev–Trinajstić information content (AvgIpc) is 4.10. The Bertz CT molecular complexity index is 4050. The molecule has 0 N–H and O–H groups in total. The van der Waals surface area contributed by atoms with Crippen LogP contribution in [0.3, 0.4) is 0 Å². The van der Waals surface area contributed by atoms with Crippen LogP contribution in [0.5, 0.6) is 11.5 Å². The fourth-order valence-electron chi connectivity index (χ4n) is 11.2. The molecule has 0 saturated carbocycles. The zero-order valence-corrected chi connectivity index (χ0v) is 35.0. The highest BCUT2D eigenvalue weighted by molar-refractivity contribution is 6.19. The van der Waals surface area contributed by atoms with Gasteiger partial charge in [0.1, 0.15) is 0 Å². The largest absolute Gasteiger partial charge is 0.453 e. The predicted octanol–water partition coefficient (Wildman–Crippen LogP) is 15.8. The van der Waals surface area contributed by atoms with Gasteiger partial charge in [-0.2, -0.15) is 0 Å². The van der Waals surface area contributed by atoms with E-state index in [0.717, 1.165) is 56.4 Å². The van der Waals surface area contributed by atoms with Gasteiger partial charge in [-0.05, 0) is 114 Å². The summed E-state index contributed by atoms with van der Waals surface area (Å²) in [6.45, 7) is 0. The van der Waals surface area contributed by atoms with Gasteiger partial charge < -0.3 is 23.0 Å². The first kappa shape index (κ1) is 34.7. The van der Waals surface area contributed by atoms with Gasteiger partial charge in [0.05, 0.1) is 49.8 Å². The number of hydrogen-bond donors (Lipinski definition) is 0. The summed E-state index contributed by atoms with van der Waals surface area (Å²) in [5.41, 5.74) is 16.2. The molecule has 302 valence electrons. The third kappa shape index (κ3) is 4.71.